The maximum Gasteiger partial charge on any atom is 0.256 e. The topological polar surface area (TPSA) is 47.6 Å². The molecule has 0 aliphatic heterocycles. The first kappa shape index (κ1) is 18.8. The lowest BCUT2D eigenvalue weighted by molar-refractivity contribution is -0.147. The molecule has 1 aromatic carbocycles. The van der Waals surface area contributed by atoms with Gasteiger partial charge in [-0.2, -0.15) is 0 Å². The first-order chi connectivity index (χ1) is 11.5. The van der Waals surface area contributed by atoms with E-state index in [4.69, 9.17) is 9.47 Å². The minimum atomic E-state index is -0.683. The maximum absolute atomic E-state index is 12.9. The van der Waals surface area contributed by atoms with E-state index in [9.17, 15) is 4.79 Å². The molecule has 0 unspecified atom stereocenters. The van der Waals surface area contributed by atoms with Gasteiger partial charge in [-0.25, -0.2) is 0 Å². The Labute approximate surface area is 145 Å². The molecular formula is C20H31NO3. The van der Waals surface area contributed by atoms with Crippen molar-refractivity contribution in [1.29, 1.82) is 0 Å². The van der Waals surface area contributed by atoms with Crippen LogP contribution in [0.3, 0.4) is 0 Å². The Balaban J connectivity index is 2.10. The lowest BCUT2D eigenvalue weighted by atomic mass is 9.78. The number of anilines is 1. The average Bonchev–Trinajstić information content (AvgIpc) is 2.54. The molecule has 1 amide bonds. The van der Waals surface area contributed by atoms with Gasteiger partial charge in [0.2, 0.25) is 0 Å². The number of amides is 1. The smallest absolute Gasteiger partial charge is 0.256 e. The van der Waals surface area contributed by atoms with Crippen LogP contribution in [0.25, 0.3) is 0 Å². The van der Waals surface area contributed by atoms with E-state index in [-0.39, 0.29) is 5.91 Å². The minimum absolute atomic E-state index is 0.0162. The summed E-state index contributed by atoms with van der Waals surface area (Å²) >= 11 is 0. The van der Waals surface area contributed by atoms with Crippen molar-refractivity contribution in [2.24, 2.45) is 5.92 Å². The number of hydrogen-bond donors (Lipinski definition) is 1. The number of benzene rings is 1. The zero-order chi connectivity index (χ0) is 17.6. The second-order valence-corrected chi connectivity index (χ2v) is 6.91. The standard InChI is InChI=1S/C20H31NO3/c1-5-12-23-18-10-9-17(13-16(18)4)21-19(22)20(24-6-2)11-7-8-15(3)14-20/h9-10,13,15H,5-8,11-12,14H2,1-4H3,(H,21,22)/t15-,20-/m1/s1. The quantitative estimate of drug-likeness (QED) is 0.786. The number of rotatable bonds is 7. The average molecular weight is 333 g/mol. The first-order valence-electron chi connectivity index (χ1n) is 9.19. The van der Waals surface area contributed by atoms with E-state index in [2.05, 4.69) is 19.2 Å². The molecule has 0 radical (unpaired) electrons. The van der Waals surface area contributed by atoms with Crippen molar-refractivity contribution < 1.29 is 14.3 Å². The van der Waals surface area contributed by atoms with Gasteiger partial charge in [-0.05, 0) is 69.2 Å². The van der Waals surface area contributed by atoms with Gasteiger partial charge in [0.25, 0.3) is 5.91 Å². The molecule has 0 heterocycles. The third kappa shape index (κ3) is 4.50. The Kier molecular flexibility index (Phi) is 6.67. The van der Waals surface area contributed by atoms with Gasteiger partial charge < -0.3 is 14.8 Å². The van der Waals surface area contributed by atoms with Crippen LogP contribution >= 0.6 is 0 Å². The van der Waals surface area contributed by atoms with Crippen LogP contribution in [0.2, 0.25) is 0 Å². The van der Waals surface area contributed by atoms with Crippen molar-refractivity contribution in [1.82, 2.24) is 0 Å². The molecule has 4 nitrogen and oxygen atoms in total. The summed E-state index contributed by atoms with van der Waals surface area (Å²) in [6.45, 7) is 9.51. The lowest BCUT2D eigenvalue weighted by Crippen LogP contribution is -2.48. The normalized spacial score (nSPS) is 23.8. The third-order valence-electron chi connectivity index (χ3n) is 4.68. The van der Waals surface area contributed by atoms with E-state index in [1.54, 1.807) is 0 Å². The summed E-state index contributed by atoms with van der Waals surface area (Å²) in [5.74, 6) is 1.38. The maximum atomic E-state index is 12.9. The second-order valence-electron chi connectivity index (χ2n) is 6.91. The fraction of sp³-hybridized carbons (Fsp3) is 0.650. The molecule has 4 heteroatoms. The molecule has 1 N–H and O–H groups in total. The van der Waals surface area contributed by atoms with Crippen molar-refractivity contribution >= 4 is 11.6 Å². The highest BCUT2D eigenvalue weighted by Crippen LogP contribution is 2.36. The van der Waals surface area contributed by atoms with E-state index in [1.165, 1.54) is 6.42 Å². The highest BCUT2D eigenvalue weighted by atomic mass is 16.5. The van der Waals surface area contributed by atoms with Crippen molar-refractivity contribution in [3.05, 3.63) is 23.8 Å². The minimum Gasteiger partial charge on any atom is -0.493 e. The molecule has 24 heavy (non-hydrogen) atoms. The van der Waals surface area contributed by atoms with Crippen molar-refractivity contribution in [3.63, 3.8) is 0 Å². The zero-order valence-electron chi connectivity index (χ0n) is 15.5. The predicted octanol–water partition coefficient (Wildman–Crippen LogP) is 4.71. The van der Waals surface area contributed by atoms with E-state index >= 15 is 0 Å². The van der Waals surface area contributed by atoms with Gasteiger partial charge >= 0.3 is 0 Å². The van der Waals surface area contributed by atoms with Crippen LogP contribution in [0.4, 0.5) is 5.69 Å². The molecule has 1 fully saturated rings. The Morgan fingerprint density at radius 3 is 2.79 bits per heavy atom. The molecule has 1 aliphatic carbocycles. The Morgan fingerprint density at radius 2 is 2.17 bits per heavy atom. The molecule has 0 spiro atoms. The molecule has 2 rings (SSSR count). The first-order valence-corrected chi connectivity index (χ1v) is 9.19. The van der Waals surface area contributed by atoms with E-state index in [0.717, 1.165) is 42.7 Å². The summed E-state index contributed by atoms with van der Waals surface area (Å²) in [6.07, 6.45) is 4.78. The molecule has 1 saturated carbocycles. The Bertz CT molecular complexity index is 554. The molecule has 1 aromatic rings. The molecule has 2 atom stereocenters. The number of aryl methyl sites for hydroxylation is 1. The molecule has 1 aliphatic rings. The summed E-state index contributed by atoms with van der Waals surface area (Å²) in [4.78, 5) is 12.9. The summed E-state index contributed by atoms with van der Waals surface area (Å²) < 4.78 is 11.6. The predicted molar refractivity (Wildman–Crippen MR) is 97.6 cm³/mol. The van der Waals surface area contributed by atoms with Crippen molar-refractivity contribution in [2.45, 2.75) is 65.4 Å². The van der Waals surface area contributed by atoms with Crippen LogP contribution in [0.1, 0.15) is 58.4 Å². The molecule has 0 bridgehead atoms. The molecule has 0 aromatic heterocycles. The second kappa shape index (κ2) is 8.52. The van der Waals surface area contributed by atoms with Crippen molar-refractivity contribution in [2.75, 3.05) is 18.5 Å². The molecule has 0 saturated heterocycles. The Morgan fingerprint density at radius 1 is 1.38 bits per heavy atom. The summed E-state index contributed by atoms with van der Waals surface area (Å²) in [7, 11) is 0. The number of hydrogen-bond acceptors (Lipinski definition) is 3. The summed E-state index contributed by atoms with van der Waals surface area (Å²) in [6, 6.07) is 5.80. The van der Waals surface area contributed by atoms with Crippen molar-refractivity contribution in [3.8, 4) is 5.75 Å². The number of carbonyl (C=O) groups is 1. The van der Waals surface area contributed by atoms with Gasteiger partial charge in [0, 0.05) is 12.3 Å². The molecule has 134 valence electrons. The lowest BCUT2D eigenvalue weighted by Gasteiger charge is -2.38. The van der Waals surface area contributed by atoms with Crippen LogP contribution in [0, 0.1) is 12.8 Å². The van der Waals surface area contributed by atoms with Gasteiger partial charge in [-0.1, -0.05) is 20.3 Å². The van der Waals surface area contributed by atoms with E-state index in [1.807, 2.05) is 32.0 Å². The van der Waals surface area contributed by atoms with Crippen LogP contribution in [0.5, 0.6) is 5.75 Å². The zero-order valence-corrected chi connectivity index (χ0v) is 15.5. The third-order valence-corrected chi connectivity index (χ3v) is 4.68. The van der Waals surface area contributed by atoms with Crippen LogP contribution in [0.15, 0.2) is 18.2 Å². The number of ether oxygens (including phenoxy) is 2. The van der Waals surface area contributed by atoms with Gasteiger partial charge in [0.05, 0.1) is 6.61 Å². The number of nitrogens with one attached hydrogen (secondary N) is 1. The fourth-order valence-electron chi connectivity index (χ4n) is 3.53. The SMILES string of the molecule is CCCOc1ccc(NC(=O)[C@@]2(OCC)CCC[C@@H](C)C2)cc1C. The van der Waals surface area contributed by atoms with E-state index < -0.39 is 5.60 Å². The van der Waals surface area contributed by atoms with Crippen LogP contribution < -0.4 is 10.1 Å². The number of carbonyl (C=O) groups excluding carboxylic acids is 1. The van der Waals surface area contributed by atoms with E-state index in [0.29, 0.717) is 19.1 Å². The summed E-state index contributed by atoms with van der Waals surface area (Å²) in [5, 5.41) is 3.06. The Hall–Kier alpha value is -1.55. The van der Waals surface area contributed by atoms with Gasteiger partial charge in [0.15, 0.2) is 0 Å². The molecular weight excluding hydrogens is 302 g/mol. The van der Waals surface area contributed by atoms with Gasteiger partial charge in [-0.15, -0.1) is 0 Å². The van der Waals surface area contributed by atoms with Crippen LogP contribution in [-0.4, -0.2) is 24.7 Å². The summed E-state index contributed by atoms with van der Waals surface area (Å²) in [5.41, 5.74) is 1.15. The highest BCUT2D eigenvalue weighted by molar-refractivity contribution is 5.97. The highest BCUT2D eigenvalue weighted by Gasteiger charge is 2.42. The largest absolute Gasteiger partial charge is 0.493 e. The van der Waals surface area contributed by atoms with Gasteiger partial charge in [0.1, 0.15) is 11.4 Å². The fourth-order valence-corrected chi connectivity index (χ4v) is 3.53. The van der Waals surface area contributed by atoms with Gasteiger partial charge in [-0.3, -0.25) is 4.79 Å². The monoisotopic (exact) mass is 333 g/mol. The van der Waals surface area contributed by atoms with Crippen LogP contribution in [-0.2, 0) is 9.53 Å².